The lowest BCUT2D eigenvalue weighted by molar-refractivity contribution is -0.133. The zero-order valence-corrected chi connectivity index (χ0v) is 24.5. The lowest BCUT2D eigenvalue weighted by atomic mass is 9.44. The van der Waals surface area contributed by atoms with Crippen LogP contribution in [0.15, 0.2) is 0 Å². The van der Waals surface area contributed by atoms with E-state index in [0.717, 1.165) is 74.8 Å². The molecule has 37 heavy (non-hydrogen) atoms. The van der Waals surface area contributed by atoms with Gasteiger partial charge in [-0.3, -0.25) is 9.59 Å². The first kappa shape index (κ1) is 27.5. The fourth-order valence-corrected chi connectivity index (χ4v) is 10.9. The van der Waals surface area contributed by atoms with Crippen molar-refractivity contribution in [2.75, 3.05) is 20.1 Å². The molecule has 4 saturated carbocycles. The maximum absolute atomic E-state index is 13.1. The largest absolute Gasteiger partial charge is 0.359 e. The highest BCUT2D eigenvalue weighted by molar-refractivity contribution is 5.76. The number of carbonyl (C=O) groups excluding carboxylic acids is 2. The highest BCUT2D eigenvalue weighted by atomic mass is 16.2. The van der Waals surface area contributed by atoms with Gasteiger partial charge in [0.2, 0.25) is 11.8 Å². The minimum atomic E-state index is 0.139. The van der Waals surface area contributed by atoms with E-state index in [1.807, 2.05) is 0 Å². The van der Waals surface area contributed by atoms with Gasteiger partial charge in [0.1, 0.15) is 0 Å². The summed E-state index contributed by atoms with van der Waals surface area (Å²) in [7, 11) is 1.71. The molecular formula is C33H56N2O2. The van der Waals surface area contributed by atoms with Crippen molar-refractivity contribution in [2.24, 2.45) is 52.3 Å². The zero-order chi connectivity index (χ0) is 26.2. The van der Waals surface area contributed by atoms with E-state index in [-0.39, 0.29) is 5.91 Å². The lowest BCUT2D eigenvalue weighted by Gasteiger charge is -2.61. The maximum atomic E-state index is 13.1. The van der Waals surface area contributed by atoms with Gasteiger partial charge in [0, 0.05) is 33.0 Å². The molecule has 4 aliphatic carbocycles. The van der Waals surface area contributed by atoms with Crippen LogP contribution in [0, 0.1) is 52.3 Å². The smallest absolute Gasteiger partial charge is 0.222 e. The van der Waals surface area contributed by atoms with Gasteiger partial charge in [-0.25, -0.2) is 0 Å². The van der Waals surface area contributed by atoms with Crippen molar-refractivity contribution in [1.29, 1.82) is 0 Å². The summed E-state index contributed by atoms with van der Waals surface area (Å²) in [5.41, 5.74) is 1.14. The number of hydrogen-bond donors (Lipinski definition) is 1. The monoisotopic (exact) mass is 512 g/mol. The molecule has 0 aromatic carbocycles. The van der Waals surface area contributed by atoms with Crippen molar-refractivity contribution < 1.29 is 9.59 Å². The molecule has 210 valence electrons. The number of nitrogens with one attached hydrogen (secondary N) is 1. The first-order valence-electron chi connectivity index (χ1n) is 16.2. The van der Waals surface area contributed by atoms with Crippen molar-refractivity contribution >= 4 is 11.8 Å². The van der Waals surface area contributed by atoms with Crippen LogP contribution in [0.25, 0.3) is 0 Å². The summed E-state index contributed by atoms with van der Waals surface area (Å²) >= 11 is 0. The van der Waals surface area contributed by atoms with E-state index in [1.54, 1.807) is 7.05 Å². The molecule has 4 nitrogen and oxygen atoms in total. The fraction of sp³-hybridized carbons (Fsp3) is 0.939. The van der Waals surface area contributed by atoms with Gasteiger partial charge in [0.25, 0.3) is 0 Å². The van der Waals surface area contributed by atoms with Gasteiger partial charge in [-0.1, -0.05) is 33.6 Å². The third kappa shape index (κ3) is 5.25. The quantitative estimate of drug-likeness (QED) is 0.391. The van der Waals surface area contributed by atoms with Crippen LogP contribution < -0.4 is 5.32 Å². The van der Waals surface area contributed by atoms with E-state index in [1.165, 1.54) is 64.2 Å². The minimum Gasteiger partial charge on any atom is -0.359 e. The first-order chi connectivity index (χ1) is 17.8. The van der Waals surface area contributed by atoms with Crippen LogP contribution in [-0.2, 0) is 9.59 Å². The van der Waals surface area contributed by atoms with Gasteiger partial charge >= 0.3 is 0 Å². The van der Waals surface area contributed by atoms with Crippen molar-refractivity contribution in [2.45, 2.75) is 124 Å². The molecule has 0 spiro atoms. The third-order valence-electron chi connectivity index (χ3n) is 13.2. The van der Waals surface area contributed by atoms with Crippen molar-refractivity contribution in [3.05, 3.63) is 0 Å². The number of nitrogens with zero attached hydrogens (tertiary/aromatic N) is 1. The number of likely N-dealkylation sites (tertiary alicyclic amines) is 1. The van der Waals surface area contributed by atoms with E-state index < -0.39 is 0 Å². The highest BCUT2D eigenvalue weighted by Crippen LogP contribution is 2.68. The van der Waals surface area contributed by atoms with Crippen molar-refractivity contribution in [3.8, 4) is 0 Å². The van der Waals surface area contributed by atoms with E-state index >= 15 is 0 Å². The lowest BCUT2D eigenvalue weighted by Crippen LogP contribution is -2.53. The van der Waals surface area contributed by atoms with Crippen LogP contribution in [0.4, 0.5) is 0 Å². The standard InChI is InChI=1S/C33H56N2O2/c1-23(8-15-31(37)35-21-17-24(18-22-35)9-14-30(36)34-4)27-12-13-28-26-11-10-25-7-5-6-19-32(25,2)29(26)16-20-33(27,28)3/h23-29H,5-22H2,1-4H3,(H,34,36)/t23-,25?,26?,27?,28?,29?,32+,33-/m1/s1. The Morgan fingerprint density at radius 2 is 1.62 bits per heavy atom. The Balaban J connectivity index is 1.12. The molecule has 0 aromatic rings. The number of hydrogen-bond acceptors (Lipinski definition) is 2. The second kappa shape index (κ2) is 11.2. The summed E-state index contributed by atoms with van der Waals surface area (Å²) in [6.07, 6.45) is 20.2. The average Bonchev–Trinajstić information content (AvgIpc) is 3.27. The second-order valence-corrected chi connectivity index (χ2v) is 14.7. The third-order valence-corrected chi connectivity index (χ3v) is 13.2. The normalized spacial score (nSPS) is 40.9. The average molecular weight is 513 g/mol. The number of fused-ring (bicyclic) bond motifs is 5. The van der Waals surface area contributed by atoms with Crippen LogP contribution >= 0.6 is 0 Å². The fourth-order valence-electron chi connectivity index (χ4n) is 10.9. The summed E-state index contributed by atoms with van der Waals surface area (Å²) in [4.78, 5) is 26.8. The molecule has 1 N–H and O–H groups in total. The van der Waals surface area contributed by atoms with Gasteiger partial charge in [-0.05, 0) is 129 Å². The summed E-state index contributed by atoms with van der Waals surface area (Å²) in [5, 5.41) is 2.72. The van der Waals surface area contributed by atoms with Crippen LogP contribution in [-0.4, -0.2) is 36.9 Å². The van der Waals surface area contributed by atoms with Crippen molar-refractivity contribution in [1.82, 2.24) is 10.2 Å². The van der Waals surface area contributed by atoms with E-state index in [0.29, 0.717) is 35.0 Å². The SMILES string of the molecule is CNC(=O)CCC1CCN(C(=O)CC[C@@H](C)C2CCC3C4CCC5CCCC[C@]5(C)C4CC[C@@]32C)CC1. The Kier molecular flexibility index (Phi) is 8.33. The molecule has 2 amide bonds. The first-order valence-corrected chi connectivity index (χ1v) is 16.2. The number of carbonyl (C=O) groups is 2. The number of amides is 2. The number of rotatable bonds is 7. The molecule has 0 aromatic heterocycles. The number of piperidine rings is 1. The molecule has 5 fully saturated rings. The van der Waals surface area contributed by atoms with Crippen LogP contribution in [0.2, 0.25) is 0 Å². The molecule has 1 aliphatic heterocycles. The molecule has 4 heteroatoms. The summed E-state index contributed by atoms with van der Waals surface area (Å²) in [5.74, 6) is 6.47. The summed E-state index contributed by atoms with van der Waals surface area (Å²) in [6.45, 7) is 9.61. The molecule has 8 atom stereocenters. The van der Waals surface area contributed by atoms with Crippen LogP contribution in [0.1, 0.15) is 124 Å². The molecule has 5 unspecified atom stereocenters. The molecule has 0 bridgehead atoms. The molecule has 1 saturated heterocycles. The highest BCUT2D eigenvalue weighted by Gasteiger charge is 2.60. The Bertz CT molecular complexity index is 819. The van der Waals surface area contributed by atoms with Crippen LogP contribution in [0.3, 0.4) is 0 Å². The molecule has 1 heterocycles. The molecule has 5 aliphatic rings. The molecule has 5 rings (SSSR count). The Morgan fingerprint density at radius 3 is 2.38 bits per heavy atom. The Hall–Kier alpha value is -1.06. The van der Waals surface area contributed by atoms with E-state index in [4.69, 9.17) is 0 Å². The predicted octanol–water partition coefficient (Wildman–Crippen LogP) is 7.22. The topological polar surface area (TPSA) is 49.4 Å². The molecule has 0 radical (unpaired) electrons. The summed E-state index contributed by atoms with van der Waals surface area (Å²) in [6, 6.07) is 0. The minimum absolute atomic E-state index is 0.139. The van der Waals surface area contributed by atoms with Crippen LogP contribution in [0.5, 0.6) is 0 Å². The van der Waals surface area contributed by atoms with E-state index in [2.05, 4.69) is 31.0 Å². The Morgan fingerprint density at radius 1 is 0.865 bits per heavy atom. The molecular weight excluding hydrogens is 456 g/mol. The van der Waals surface area contributed by atoms with Crippen molar-refractivity contribution in [3.63, 3.8) is 0 Å². The van der Waals surface area contributed by atoms with Gasteiger partial charge in [-0.2, -0.15) is 0 Å². The predicted molar refractivity (Wildman–Crippen MR) is 151 cm³/mol. The van der Waals surface area contributed by atoms with Gasteiger partial charge in [-0.15, -0.1) is 0 Å². The summed E-state index contributed by atoms with van der Waals surface area (Å²) < 4.78 is 0. The maximum Gasteiger partial charge on any atom is 0.222 e. The Labute approximate surface area is 227 Å². The van der Waals surface area contributed by atoms with Gasteiger partial charge in [0.05, 0.1) is 0 Å². The zero-order valence-electron chi connectivity index (χ0n) is 24.5. The van der Waals surface area contributed by atoms with Gasteiger partial charge < -0.3 is 10.2 Å². The van der Waals surface area contributed by atoms with Gasteiger partial charge in [0.15, 0.2) is 0 Å². The van der Waals surface area contributed by atoms with E-state index in [9.17, 15) is 9.59 Å². The second-order valence-electron chi connectivity index (χ2n) is 14.7.